The standard InChI is InChI=1S/C19H21NO4/c1-23-16-9-5-6-14(10-16)11-19(22)20-12-17(21)18(13-20)24-15-7-3-2-4-8-15/h2-10,17-18,21H,11-13H2,1H3/t17-,18-/m1/s1. The van der Waals surface area contributed by atoms with Crippen LogP contribution in [0.2, 0.25) is 0 Å². The average molecular weight is 327 g/mol. The molecular weight excluding hydrogens is 306 g/mol. The fourth-order valence-electron chi connectivity index (χ4n) is 2.82. The molecule has 0 aromatic heterocycles. The van der Waals surface area contributed by atoms with Gasteiger partial charge in [-0.2, -0.15) is 0 Å². The Kier molecular flexibility index (Phi) is 5.01. The van der Waals surface area contributed by atoms with E-state index >= 15 is 0 Å². The molecule has 0 saturated carbocycles. The van der Waals surface area contributed by atoms with Gasteiger partial charge in [-0.15, -0.1) is 0 Å². The van der Waals surface area contributed by atoms with Gasteiger partial charge in [0.2, 0.25) is 5.91 Å². The van der Waals surface area contributed by atoms with Gasteiger partial charge in [-0.25, -0.2) is 0 Å². The highest BCUT2D eigenvalue weighted by Gasteiger charge is 2.35. The van der Waals surface area contributed by atoms with Crippen molar-refractivity contribution in [3.8, 4) is 11.5 Å². The number of β-amino-alcohol motifs (C(OH)–C–C–N with tert-alkyl or cyclic N) is 1. The number of amides is 1. The van der Waals surface area contributed by atoms with Crippen LogP contribution in [0.5, 0.6) is 11.5 Å². The molecule has 2 aromatic rings. The first-order valence-corrected chi connectivity index (χ1v) is 7.96. The molecule has 1 fully saturated rings. The third-order valence-corrected chi connectivity index (χ3v) is 4.11. The summed E-state index contributed by atoms with van der Waals surface area (Å²) in [7, 11) is 1.60. The number of nitrogens with zero attached hydrogens (tertiary/aromatic N) is 1. The van der Waals surface area contributed by atoms with Crippen LogP contribution in [0.15, 0.2) is 54.6 Å². The number of ether oxygens (including phenoxy) is 2. The van der Waals surface area contributed by atoms with E-state index in [2.05, 4.69) is 0 Å². The minimum absolute atomic E-state index is 0.0264. The van der Waals surface area contributed by atoms with Crippen LogP contribution < -0.4 is 9.47 Å². The zero-order valence-electron chi connectivity index (χ0n) is 13.6. The molecule has 3 rings (SSSR count). The minimum Gasteiger partial charge on any atom is -0.497 e. The third kappa shape index (κ3) is 3.86. The molecule has 0 unspecified atom stereocenters. The predicted octanol–water partition coefficient (Wildman–Crippen LogP) is 1.89. The molecule has 5 heteroatoms. The normalized spacial score (nSPS) is 20.0. The van der Waals surface area contributed by atoms with Gasteiger partial charge in [0.1, 0.15) is 23.7 Å². The maximum absolute atomic E-state index is 12.5. The van der Waals surface area contributed by atoms with E-state index in [9.17, 15) is 9.90 Å². The summed E-state index contributed by atoms with van der Waals surface area (Å²) in [4.78, 5) is 14.1. The van der Waals surface area contributed by atoms with Crippen molar-refractivity contribution in [1.29, 1.82) is 0 Å². The van der Waals surface area contributed by atoms with Crippen molar-refractivity contribution in [2.45, 2.75) is 18.6 Å². The van der Waals surface area contributed by atoms with Crippen molar-refractivity contribution < 1.29 is 19.4 Å². The van der Waals surface area contributed by atoms with Crippen LogP contribution in [-0.2, 0) is 11.2 Å². The molecule has 2 atom stereocenters. The highest BCUT2D eigenvalue weighted by molar-refractivity contribution is 5.79. The van der Waals surface area contributed by atoms with Crippen LogP contribution >= 0.6 is 0 Å². The lowest BCUT2D eigenvalue weighted by Gasteiger charge is -2.17. The molecule has 126 valence electrons. The monoisotopic (exact) mass is 327 g/mol. The Bertz CT molecular complexity index is 689. The number of methoxy groups -OCH3 is 1. The highest BCUT2D eigenvalue weighted by atomic mass is 16.5. The second kappa shape index (κ2) is 7.36. The van der Waals surface area contributed by atoms with E-state index in [1.165, 1.54) is 0 Å². The number of likely N-dealkylation sites (tertiary alicyclic amines) is 1. The summed E-state index contributed by atoms with van der Waals surface area (Å²) in [5.41, 5.74) is 0.890. The molecule has 2 aromatic carbocycles. The van der Waals surface area contributed by atoms with Gasteiger partial charge in [-0.1, -0.05) is 30.3 Å². The van der Waals surface area contributed by atoms with Crippen LogP contribution in [-0.4, -0.2) is 48.3 Å². The van der Waals surface area contributed by atoms with E-state index in [0.29, 0.717) is 18.8 Å². The highest BCUT2D eigenvalue weighted by Crippen LogP contribution is 2.20. The van der Waals surface area contributed by atoms with Gasteiger partial charge in [0.05, 0.1) is 26.6 Å². The zero-order valence-corrected chi connectivity index (χ0v) is 13.6. The second-order valence-electron chi connectivity index (χ2n) is 5.86. The van der Waals surface area contributed by atoms with Crippen molar-refractivity contribution in [3.63, 3.8) is 0 Å². The van der Waals surface area contributed by atoms with E-state index in [0.717, 1.165) is 11.3 Å². The number of benzene rings is 2. The Morgan fingerprint density at radius 1 is 1.12 bits per heavy atom. The molecule has 0 aliphatic carbocycles. The maximum atomic E-state index is 12.5. The summed E-state index contributed by atoms with van der Waals surface area (Å²) in [6.07, 6.45) is -0.803. The molecule has 0 spiro atoms. The number of aliphatic hydroxyl groups is 1. The Morgan fingerprint density at radius 3 is 2.62 bits per heavy atom. The maximum Gasteiger partial charge on any atom is 0.227 e. The first-order chi connectivity index (χ1) is 11.7. The smallest absolute Gasteiger partial charge is 0.227 e. The van der Waals surface area contributed by atoms with Gasteiger partial charge in [0.15, 0.2) is 0 Å². The molecule has 1 amide bonds. The third-order valence-electron chi connectivity index (χ3n) is 4.11. The number of para-hydroxylation sites is 1. The lowest BCUT2D eigenvalue weighted by Crippen LogP contribution is -2.32. The minimum atomic E-state index is -0.681. The van der Waals surface area contributed by atoms with E-state index < -0.39 is 12.2 Å². The SMILES string of the molecule is COc1cccc(CC(=O)N2C[C@@H](O)[C@H](Oc3ccccc3)C2)c1. The molecule has 1 aliphatic heterocycles. The van der Waals surface area contributed by atoms with E-state index in [1.807, 2.05) is 54.6 Å². The summed E-state index contributed by atoms with van der Waals surface area (Å²) in [6, 6.07) is 16.8. The largest absolute Gasteiger partial charge is 0.497 e. The molecule has 1 heterocycles. The van der Waals surface area contributed by atoms with E-state index in [1.54, 1.807) is 12.0 Å². The Labute approximate surface area is 141 Å². The van der Waals surface area contributed by atoms with Gasteiger partial charge >= 0.3 is 0 Å². The van der Waals surface area contributed by atoms with Crippen molar-refractivity contribution in [1.82, 2.24) is 4.90 Å². The quantitative estimate of drug-likeness (QED) is 0.911. The van der Waals surface area contributed by atoms with Crippen LogP contribution in [0, 0.1) is 0 Å². The van der Waals surface area contributed by atoms with Crippen LogP contribution in [0.4, 0.5) is 0 Å². The Hall–Kier alpha value is -2.53. The summed E-state index contributed by atoms with van der Waals surface area (Å²) in [5.74, 6) is 1.40. The summed E-state index contributed by atoms with van der Waals surface area (Å²) >= 11 is 0. The summed E-state index contributed by atoms with van der Waals surface area (Å²) in [6.45, 7) is 0.680. The van der Waals surface area contributed by atoms with Gasteiger partial charge in [-0.05, 0) is 29.8 Å². The van der Waals surface area contributed by atoms with Crippen LogP contribution in [0.3, 0.4) is 0 Å². The first kappa shape index (κ1) is 16.3. The lowest BCUT2D eigenvalue weighted by atomic mass is 10.1. The van der Waals surface area contributed by atoms with Crippen molar-refractivity contribution in [3.05, 3.63) is 60.2 Å². The van der Waals surface area contributed by atoms with Crippen molar-refractivity contribution >= 4 is 5.91 Å². The average Bonchev–Trinajstić information content (AvgIpc) is 2.97. The van der Waals surface area contributed by atoms with E-state index in [4.69, 9.17) is 9.47 Å². The lowest BCUT2D eigenvalue weighted by molar-refractivity contribution is -0.129. The van der Waals surface area contributed by atoms with Crippen molar-refractivity contribution in [2.24, 2.45) is 0 Å². The number of aliphatic hydroxyl groups excluding tert-OH is 1. The van der Waals surface area contributed by atoms with Gasteiger partial charge in [-0.3, -0.25) is 4.79 Å². The number of carbonyl (C=O) groups excluding carboxylic acids is 1. The Morgan fingerprint density at radius 2 is 1.88 bits per heavy atom. The van der Waals surface area contributed by atoms with Crippen LogP contribution in [0.1, 0.15) is 5.56 Å². The topological polar surface area (TPSA) is 59.0 Å². The number of hydrogen-bond donors (Lipinski definition) is 1. The molecule has 0 radical (unpaired) electrons. The second-order valence-corrected chi connectivity index (χ2v) is 5.86. The Balaban J connectivity index is 1.60. The molecular formula is C19H21NO4. The first-order valence-electron chi connectivity index (χ1n) is 7.96. The molecule has 1 N–H and O–H groups in total. The molecule has 1 aliphatic rings. The van der Waals surface area contributed by atoms with Gasteiger partial charge < -0.3 is 19.5 Å². The van der Waals surface area contributed by atoms with Crippen molar-refractivity contribution in [2.75, 3.05) is 20.2 Å². The number of hydrogen-bond acceptors (Lipinski definition) is 4. The molecule has 5 nitrogen and oxygen atoms in total. The van der Waals surface area contributed by atoms with Crippen LogP contribution in [0.25, 0.3) is 0 Å². The predicted molar refractivity (Wildman–Crippen MR) is 90.1 cm³/mol. The number of carbonyl (C=O) groups is 1. The fourth-order valence-corrected chi connectivity index (χ4v) is 2.82. The van der Waals surface area contributed by atoms with Gasteiger partial charge in [0, 0.05) is 0 Å². The van der Waals surface area contributed by atoms with E-state index in [-0.39, 0.29) is 12.3 Å². The summed E-state index contributed by atoms with van der Waals surface area (Å²) in [5, 5.41) is 10.2. The molecule has 1 saturated heterocycles. The van der Waals surface area contributed by atoms with Gasteiger partial charge in [0.25, 0.3) is 0 Å². The number of rotatable bonds is 5. The zero-order chi connectivity index (χ0) is 16.9. The molecule has 24 heavy (non-hydrogen) atoms. The fraction of sp³-hybridized carbons (Fsp3) is 0.316. The molecule has 0 bridgehead atoms. The summed E-state index contributed by atoms with van der Waals surface area (Å²) < 4.78 is 11.0.